The van der Waals surface area contributed by atoms with Gasteiger partial charge < -0.3 is 10.5 Å². The van der Waals surface area contributed by atoms with Crippen molar-refractivity contribution in [1.82, 2.24) is 0 Å². The summed E-state index contributed by atoms with van der Waals surface area (Å²) >= 11 is 0. The molecule has 14 heavy (non-hydrogen) atoms. The van der Waals surface area contributed by atoms with Crippen LogP contribution in [0.15, 0.2) is 0 Å². The lowest BCUT2D eigenvalue weighted by Gasteiger charge is -2.23. The van der Waals surface area contributed by atoms with Crippen molar-refractivity contribution < 1.29 is 9.53 Å². The molecule has 1 aliphatic carbocycles. The predicted molar refractivity (Wildman–Crippen MR) is 55.8 cm³/mol. The fourth-order valence-corrected chi connectivity index (χ4v) is 2.24. The van der Waals surface area contributed by atoms with Crippen LogP contribution in [0.25, 0.3) is 0 Å². The molecule has 2 N–H and O–H groups in total. The van der Waals surface area contributed by atoms with E-state index in [0.29, 0.717) is 18.9 Å². The first kappa shape index (κ1) is 11.5. The lowest BCUT2D eigenvalue weighted by Crippen LogP contribution is -2.37. The molecule has 1 rings (SSSR count). The third kappa shape index (κ3) is 3.29. The number of carbonyl (C=O) groups excluding carboxylic acids is 1. The number of ether oxygens (including phenoxy) is 1. The third-order valence-electron chi connectivity index (χ3n) is 3.02. The SMILES string of the molecule is CCOC(=O)CCC1(N)CCC(C)C1. The molecule has 0 heterocycles. The van der Waals surface area contributed by atoms with E-state index in [1.807, 2.05) is 6.92 Å². The fourth-order valence-electron chi connectivity index (χ4n) is 2.24. The summed E-state index contributed by atoms with van der Waals surface area (Å²) in [6.07, 6.45) is 4.53. The van der Waals surface area contributed by atoms with E-state index in [9.17, 15) is 4.79 Å². The molecule has 82 valence electrons. The summed E-state index contributed by atoms with van der Waals surface area (Å²) in [5.74, 6) is 0.596. The van der Waals surface area contributed by atoms with Crippen LogP contribution in [-0.2, 0) is 9.53 Å². The average molecular weight is 199 g/mol. The van der Waals surface area contributed by atoms with Crippen LogP contribution < -0.4 is 5.73 Å². The molecule has 2 unspecified atom stereocenters. The van der Waals surface area contributed by atoms with Crippen molar-refractivity contribution >= 4 is 5.97 Å². The lowest BCUT2D eigenvalue weighted by molar-refractivity contribution is -0.143. The molecular formula is C11H21NO2. The van der Waals surface area contributed by atoms with E-state index in [0.717, 1.165) is 19.3 Å². The second-order valence-corrected chi connectivity index (χ2v) is 4.52. The van der Waals surface area contributed by atoms with Crippen molar-refractivity contribution in [2.24, 2.45) is 11.7 Å². The Bertz CT molecular complexity index is 205. The molecule has 0 amide bonds. The van der Waals surface area contributed by atoms with Crippen LogP contribution in [-0.4, -0.2) is 18.1 Å². The van der Waals surface area contributed by atoms with Crippen molar-refractivity contribution in [3.05, 3.63) is 0 Å². The summed E-state index contributed by atoms with van der Waals surface area (Å²) in [6, 6.07) is 0. The Morgan fingerprint density at radius 2 is 2.36 bits per heavy atom. The Kier molecular flexibility index (Phi) is 3.93. The third-order valence-corrected chi connectivity index (χ3v) is 3.02. The van der Waals surface area contributed by atoms with Gasteiger partial charge in [0.15, 0.2) is 0 Å². The normalized spacial score (nSPS) is 31.8. The lowest BCUT2D eigenvalue weighted by atomic mass is 9.92. The van der Waals surface area contributed by atoms with Crippen LogP contribution in [0.4, 0.5) is 0 Å². The van der Waals surface area contributed by atoms with Crippen molar-refractivity contribution in [1.29, 1.82) is 0 Å². The van der Waals surface area contributed by atoms with Gasteiger partial charge in [0, 0.05) is 12.0 Å². The van der Waals surface area contributed by atoms with E-state index in [1.54, 1.807) is 0 Å². The minimum Gasteiger partial charge on any atom is -0.466 e. The number of nitrogens with two attached hydrogens (primary N) is 1. The van der Waals surface area contributed by atoms with E-state index in [2.05, 4.69) is 6.92 Å². The fraction of sp³-hybridized carbons (Fsp3) is 0.909. The zero-order valence-corrected chi connectivity index (χ0v) is 9.21. The summed E-state index contributed by atoms with van der Waals surface area (Å²) in [7, 11) is 0. The molecule has 0 radical (unpaired) electrons. The summed E-state index contributed by atoms with van der Waals surface area (Å²) in [6.45, 7) is 4.51. The number of hydrogen-bond donors (Lipinski definition) is 1. The topological polar surface area (TPSA) is 52.3 Å². The van der Waals surface area contributed by atoms with Crippen LogP contribution in [0.5, 0.6) is 0 Å². The van der Waals surface area contributed by atoms with Crippen molar-refractivity contribution in [2.45, 2.75) is 51.5 Å². The zero-order chi connectivity index (χ0) is 10.6. The van der Waals surface area contributed by atoms with Crippen LogP contribution in [0.1, 0.15) is 46.0 Å². The second kappa shape index (κ2) is 4.78. The molecule has 0 saturated heterocycles. The van der Waals surface area contributed by atoms with Gasteiger partial charge in [-0.3, -0.25) is 4.79 Å². The zero-order valence-electron chi connectivity index (χ0n) is 9.21. The predicted octanol–water partition coefficient (Wildman–Crippen LogP) is 1.85. The quantitative estimate of drug-likeness (QED) is 0.703. The van der Waals surface area contributed by atoms with Gasteiger partial charge in [0.1, 0.15) is 0 Å². The van der Waals surface area contributed by atoms with Gasteiger partial charge in [0.2, 0.25) is 0 Å². The Hall–Kier alpha value is -0.570. The maximum Gasteiger partial charge on any atom is 0.305 e. The van der Waals surface area contributed by atoms with Crippen LogP contribution in [0.2, 0.25) is 0 Å². The molecule has 2 atom stereocenters. The number of hydrogen-bond acceptors (Lipinski definition) is 3. The first-order valence-electron chi connectivity index (χ1n) is 5.50. The standard InChI is InChI=1S/C11H21NO2/c1-3-14-10(13)5-7-11(12)6-4-9(2)8-11/h9H,3-8,12H2,1-2H3. The Morgan fingerprint density at radius 3 is 2.86 bits per heavy atom. The minimum atomic E-state index is -0.114. The Balaban J connectivity index is 2.27. The molecule has 0 aromatic rings. The highest BCUT2D eigenvalue weighted by Gasteiger charge is 2.33. The van der Waals surface area contributed by atoms with Gasteiger partial charge in [-0.2, -0.15) is 0 Å². The van der Waals surface area contributed by atoms with E-state index < -0.39 is 0 Å². The summed E-state index contributed by atoms with van der Waals surface area (Å²) in [4.78, 5) is 11.1. The molecule has 0 aliphatic heterocycles. The highest BCUT2D eigenvalue weighted by molar-refractivity contribution is 5.69. The van der Waals surface area contributed by atoms with Crippen molar-refractivity contribution in [2.75, 3.05) is 6.61 Å². The molecule has 1 saturated carbocycles. The summed E-state index contributed by atoms with van der Waals surface area (Å²) in [5, 5.41) is 0. The van der Waals surface area contributed by atoms with Gasteiger partial charge in [-0.25, -0.2) is 0 Å². The van der Waals surface area contributed by atoms with E-state index in [4.69, 9.17) is 10.5 Å². The highest BCUT2D eigenvalue weighted by Crippen LogP contribution is 2.35. The maximum absolute atomic E-state index is 11.1. The molecule has 1 aliphatic rings. The number of rotatable bonds is 4. The molecule has 1 fully saturated rings. The van der Waals surface area contributed by atoms with E-state index in [-0.39, 0.29) is 11.5 Å². The molecule has 0 aromatic carbocycles. The van der Waals surface area contributed by atoms with Gasteiger partial charge in [0.05, 0.1) is 6.61 Å². The molecule has 3 nitrogen and oxygen atoms in total. The largest absolute Gasteiger partial charge is 0.466 e. The molecular weight excluding hydrogens is 178 g/mol. The van der Waals surface area contributed by atoms with Crippen LogP contribution in [0.3, 0.4) is 0 Å². The van der Waals surface area contributed by atoms with Gasteiger partial charge in [-0.05, 0) is 38.5 Å². The summed E-state index contributed by atoms with van der Waals surface area (Å²) < 4.78 is 4.88. The highest BCUT2D eigenvalue weighted by atomic mass is 16.5. The molecule has 0 bridgehead atoms. The maximum atomic E-state index is 11.1. The average Bonchev–Trinajstić information content (AvgIpc) is 2.45. The van der Waals surface area contributed by atoms with E-state index in [1.165, 1.54) is 6.42 Å². The van der Waals surface area contributed by atoms with E-state index >= 15 is 0 Å². The van der Waals surface area contributed by atoms with Crippen molar-refractivity contribution in [3.63, 3.8) is 0 Å². The van der Waals surface area contributed by atoms with Crippen LogP contribution in [0, 0.1) is 5.92 Å². The van der Waals surface area contributed by atoms with Gasteiger partial charge in [-0.1, -0.05) is 6.92 Å². The Morgan fingerprint density at radius 1 is 1.64 bits per heavy atom. The molecule has 3 heteroatoms. The monoisotopic (exact) mass is 199 g/mol. The number of esters is 1. The smallest absolute Gasteiger partial charge is 0.305 e. The molecule has 0 aromatic heterocycles. The number of carbonyl (C=O) groups is 1. The van der Waals surface area contributed by atoms with Gasteiger partial charge in [-0.15, -0.1) is 0 Å². The van der Waals surface area contributed by atoms with Crippen LogP contribution >= 0.6 is 0 Å². The first-order valence-corrected chi connectivity index (χ1v) is 5.50. The summed E-state index contributed by atoms with van der Waals surface area (Å²) in [5.41, 5.74) is 6.08. The Labute approximate surface area is 86.0 Å². The van der Waals surface area contributed by atoms with Gasteiger partial charge in [0.25, 0.3) is 0 Å². The second-order valence-electron chi connectivity index (χ2n) is 4.52. The first-order chi connectivity index (χ1) is 6.56. The molecule has 0 spiro atoms. The van der Waals surface area contributed by atoms with Gasteiger partial charge >= 0.3 is 5.97 Å². The minimum absolute atomic E-state index is 0.105. The van der Waals surface area contributed by atoms with Crippen molar-refractivity contribution in [3.8, 4) is 0 Å².